The van der Waals surface area contributed by atoms with Crippen molar-refractivity contribution < 1.29 is 4.74 Å². The summed E-state index contributed by atoms with van der Waals surface area (Å²) < 4.78 is 5.44. The summed E-state index contributed by atoms with van der Waals surface area (Å²) in [6.07, 6.45) is 4.84. The van der Waals surface area contributed by atoms with Gasteiger partial charge in [0.05, 0.1) is 12.1 Å². The van der Waals surface area contributed by atoms with Gasteiger partial charge < -0.3 is 10.1 Å². The normalized spacial score (nSPS) is 16.9. The molecule has 1 aliphatic rings. The third kappa shape index (κ3) is 2.76. The van der Waals surface area contributed by atoms with Crippen LogP contribution in [0.5, 0.6) is 5.88 Å². The van der Waals surface area contributed by atoms with E-state index in [1.165, 1.54) is 0 Å². The highest BCUT2D eigenvalue weighted by Crippen LogP contribution is 2.39. The second-order valence-corrected chi connectivity index (χ2v) is 4.37. The van der Waals surface area contributed by atoms with E-state index in [-0.39, 0.29) is 5.54 Å². The molecular formula is C11H16ClN3O. The Labute approximate surface area is 100 Å². The van der Waals surface area contributed by atoms with Crippen molar-refractivity contribution in [2.45, 2.75) is 31.7 Å². The van der Waals surface area contributed by atoms with Gasteiger partial charge >= 0.3 is 0 Å². The number of ether oxygens (including phenoxy) is 1. The van der Waals surface area contributed by atoms with Crippen molar-refractivity contribution >= 4 is 17.5 Å². The average Bonchev–Trinajstić information content (AvgIpc) is 3.07. The smallest absolute Gasteiger partial charge is 0.226 e. The van der Waals surface area contributed by atoms with E-state index in [9.17, 15) is 0 Å². The molecular weight excluding hydrogens is 226 g/mol. The van der Waals surface area contributed by atoms with E-state index in [2.05, 4.69) is 22.2 Å². The van der Waals surface area contributed by atoms with Gasteiger partial charge in [-0.1, -0.05) is 6.92 Å². The van der Waals surface area contributed by atoms with E-state index in [0.717, 1.165) is 19.3 Å². The highest BCUT2D eigenvalue weighted by atomic mass is 35.5. The topological polar surface area (TPSA) is 47.0 Å². The average molecular weight is 242 g/mol. The summed E-state index contributed by atoms with van der Waals surface area (Å²) in [4.78, 5) is 8.44. The SMILES string of the molecule is CCCOc1ccnc(NC2(CCl)CC2)n1. The number of nitrogens with zero attached hydrogens (tertiary/aromatic N) is 2. The van der Waals surface area contributed by atoms with Crippen LogP contribution in [0.3, 0.4) is 0 Å². The minimum absolute atomic E-state index is 0.0188. The van der Waals surface area contributed by atoms with E-state index in [0.29, 0.717) is 24.3 Å². The number of hydrogen-bond donors (Lipinski definition) is 1. The molecule has 88 valence electrons. The van der Waals surface area contributed by atoms with Gasteiger partial charge in [-0.15, -0.1) is 11.6 Å². The fraction of sp³-hybridized carbons (Fsp3) is 0.636. The first-order chi connectivity index (χ1) is 7.78. The largest absolute Gasteiger partial charge is 0.478 e. The number of rotatable bonds is 6. The van der Waals surface area contributed by atoms with Crippen LogP contribution >= 0.6 is 11.6 Å². The molecule has 0 unspecified atom stereocenters. The molecule has 1 heterocycles. The molecule has 0 amide bonds. The van der Waals surface area contributed by atoms with Crippen LogP contribution < -0.4 is 10.1 Å². The fourth-order valence-corrected chi connectivity index (χ4v) is 1.70. The second-order valence-electron chi connectivity index (χ2n) is 4.11. The summed E-state index contributed by atoms with van der Waals surface area (Å²) in [6, 6.07) is 1.76. The molecule has 0 saturated heterocycles. The molecule has 4 nitrogen and oxygen atoms in total. The van der Waals surface area contributed by atoms with Crippen LogP contribution in [0.1, 0.15) is 26.2 Å². The van der Waals surface area contributed by atoms with Gasteiger partial charge in [0.15, 0.2) is 0 Å². The molecule has 0 bridgehead atoms. The lowest BCUT2D eigenvalue weighted by atomic mass is 10.3. The predicted molar refractivity (Wildman–Crippen MR) is 64.1 cm³/mol. The van der Waals surface area contributed by atoms with Crippen molar-refractivity contribution in [2.24, 2.45) is 0 Å². The minimum Gasteiger partial charge on any atom is -0.478 e. The fourth-order valence-electron chi connectivity index (χ4n) is 1.37. The Morgan fingerprint density at radius 2 is 2.38 bits per heavy atom. The Kier molecular flexibility index (Phi) is 3.49. The third-order valence-electron chi connectivity index (χ3n) is 2.57. The van der Waals surface area contributed by atoms with Crippen LogP contribution in [0.4, 0.5) is 5.95 Å². The first-order valence-electron chi connectivity index (χ1n) is 5.58. The van der Waals surface area contributed by atoms with Gasteiger partial charge in [0, 0.05) is 18.1 Å². The molecule has 1 aliphatic carbocycles. The quantitative estimate of drug-likeness (QED) is 0.778. The van der Waals surface area contributed by atoms with Crippen molar-refractivity contribution in [2.75, 3.05) is 17.8 Å². The van der Waals surface area contributed by atoms with Crippen LogP contribution in [0, 0.1) is 0 Å². The first-order valence-corrected chi connectivity index (χ1v) is 6.11. The lowest BCUT2D eigenvalue weighted by molar-refractivity contribution is 0.305. The first kappa shape index (κ1) is 11.5. The van der Waals surface area contributed by atoms with E-state index >= 15 is 0 Å². The highest BCUT2D eigenvalue weighted by molar-refractivity contribution is 6.19. The van der Waals surface area contributed by atoms with Gasteiger partial charge in [-0.25, -0.2) is 4.98 Å². The molecule has 2 rings (SSSR count). The predicted octanol–water partition coefficient (Wildman–Crippen LogP) is 2.45. The van der Waals surface area contributed by atoms with E-state index in [4.69, 9.17) is 16.3 Å². The maximum Gasteiger partial charge on any atom is 0.226 e. The molecule has 1 saturated carbocycles. The number of halogens is 1. The zero-order chi connectivity index (χ0) is 11.4. The maximum atomic E-state index is 5.88. The van der Waals surface area contributed by atoms with Crippen LogP contribution in [0.15, 0.2) is 12.3 Å². The summed E-state index contributed by atoms with van der Waals surface area (Å²) >= 11 is 5.88. The van der Waals surface area contributed by atoms with Crippen LogP contribution in [-0.4, -0.2) is 28.0 Å². The standard InChI is InChI=1S/C11H16ClN3O/c1-2-7-16-9-3-6-13-10(14-9)15-11(8-12)4-5-11/h3,6H,2,4-5,7-8H2,1H3,(H,13,14,15). The third-order valence-corrected chi connectivity index (χ3v) is 3.08. The highest BCUT2D eigenvalue weighted by Gasteiger charge is 2.42. The van der Waals surface area contributed by atoms with E-state index in [1.807, 2.05) is 0 Å². The Hall–Kier alpha value is -1.03. The molecule has 0 radical (unpaired) electrons. The van der Waals surface area contributed by atoms with Crippen LogP contribution in [0.25, 0.3) is 0 Å². The number of alkyl halides is 1. The molecule has 16 heavy (non-hydrogen) atoms. The summed E-state index contributed by atoms with van der Waals surface area (Å²) in [5, 5.41) is 3.26. The van der Waals surface area contributed by atoms with Gasteiger partial charge in [-0.05, 0) is 19.3 Å². The van der Waals surface area contributed by atoms with Gasteiger partial charge in [-0.2, -0.15) is 4.98 Å². The zero-order valence-corrected chi connectivity index (χ0v) is 10.1. The maximum absolute atomic E-state index is 5.88. The summed E-state index contributed by atoms with van der Waals surface area (Å²) in [5.74, 6) is 1.81. The van der Waals surface area contributed by atoms with E-state index in [1.54, 1.807) is 12.3 Å². The monoisotopic (exact) mass is 241 g/mol. The molecule has 1 N–H and O–H groups in total. The van der Waals surface area contributed by atoms with Crippen molar-refractivity contribution in [1.29, 1.82) is 0 Å². The van der Waals surface area contributed by atoms with Crippen molar-refractivity contribution in [1.82, 2.24) is 9.97 Å². The molecule has 1 fully saturated rings. The van der Waals surface area contributed by atoms with Gasteiger partial charge in [0.25, 0.3) is 0 Å². The Morgan fingerprint density at radius 3 is 3.00 bits per heavy atom. The van der Waals surface area contributed by atoms with Gasteiger partial charge in [0.2, 0.25) is 11.8 Å². The van der Waals surface area contributed by atoms with Gasteiger partial charge in [0.1, 0.15) is 0 Å². The zero-order valence-electron chi connectivity index (χ0n) is 9.37. The Bertz CT molecular complexity index is 355. The van der Waals surface area contributed by atoms with E-state index < -0.39 is 0 Å². The summed E-state index contributed by atoms with van der Waals surface area (Å²) in [6.45, 7) is 2.74. The minimum atomic E-state index is 0.0188. The molecule has 1 aromatic rings. The molecule has 0 spiro atoms. The Balaban J connectivity index is 1.99. The lowest BCUT2D eigenvalue weighted by Gasteiger charge is -2.14. The van der Waals surface area contributed by atoms with Crippen molar-refractivity contribution in [3.8, 4) is 5.88 Å². The molecule has 0 aromatic carbocycles. The van der Waals surface area contributed by atoms with Crippen LogP contribution in [0.2, 0.25) is 0 Å². The molecule has 0 atom stereocenters. The molecule has 1 aromatic heterocycles. The molecule has 0 aliphatic heterocycles. The van der Waals surface area contributed by atoms with Crippen molar-refractivity contribution in [3.05, 3.63) is 12.3 Å². The van der Waals surface area contributed by atoms with Gasteiger partial charge in [-0.3, -0.25) is 0 Å². The summed E-state index contributed by atoms with van der Waals surface area (Å²) in [5.41, 5.74) is 0.0188. The molecule has 5 heteroatoms. The number of nitrogens with one attached hydrogen (secondary N) is 1. The Morgan fingerprint density at radius 1 is 1.56 bits per heavy atom. The second kappa shape index (κ2) is 4.87. The number of anilines is 1. The van der Waals surface area contributed by atoms with Crippen LogP contribution in [-0.2, 0) is 0 Å². The summed E-state index contributed by atoms with van der Waals surface area (Å²) in [7, 11) is 0. The lowest BCUT2D eigenvalue weighted by Crippen LogP contribution is -2.24. The van der Waals surface area contributed by atoms with Crippen molar-refractivity contribution in [3.63, 3.8) is 0 Å². The number of hydrogen-bond acceptors (Lipinski definition) is 4. The number of aromatic nitrogens is 2.